The number of aliphatic hydroxyl groups is 3. The second kappa shape index (κ2) is 8.61. The van der Waals surface area contributed by atoms with E-state index < -0.39 is 31.1 Å². The molecule has 154 valence electrons. The molecule has 4 atom stereocenters. The molecule has 0 spiro atoms. The quantitative estimate of drug-likeness (QED) is 0.485. The normalized spacial score (nSPS) is 24.5. The maximum Gasteiger partial charge on any atom is 0.171 e. The van der Waals surface area contributed by atoms with Crippen LogP contribution in [0, 0.1) is 0 Å². The van der Waals surface area contributed by atoms with Gasteiger partial charge in [-0.05, 0) is 29.8 Å². The van der Waals surface area contributed by atoms with Crippen LogP contribution < -0.4 is 0 Å². The molecule has 1 aromatic heterocycles. The third-order valence-electron chi connectivity index (χ3n) is 4.75. The highest BCUT2D eigenvalue weighted by atomic mass is 35.5. The van der Waals surface area contributed by atoms with Crippen molar-refractivity contribution in [3.63, 3.8) is 0 Å². The van der Waals surface area contributed by atoms with E-state index in [2.05, 4.69) is 4.98 Å². The number of halogens is 3. The van der Waals surface area contributed by atoms with E-state index in [4.69, 9.17) is 39.5 Å². The molecule has 0 amide bonds. The van der Waals surface area contributed by atoms with Crippen LogP contribution >= 0.6 is 46.6 Å². The Hall–Kier alpha value is -1.03. The van der Waals surface area contributed by atoms with Crippen molar-refractivity contribution in [3.05, 3.63) is 57.0 Å². The minimum absolute atomic E-state index is 0.335. The number of nitrogens with zero attached hydrogens (tertiary/aromatic N) is 2. The number of thioether (sulfide) groups is 1. The van der Waals surface area contributed by atoms with Crippen molar-refractivity contribution in [2.75, 3.05) is 6.61 Å². The first-order valence-corrected chi connectivity index (χ1v) is 10.9. The van der Waals surface area contributed by atoms with Gasteiger partial charge in [-0.1, -0.05) is 58.7 Å². The number of hydrogen-bond acceptors (Lipinski definition) is 6. The summed E-state index contributed by atoms with van der Waals surface area (Å²) in [4.78, 5) is 4.62. The Labute approximate surface area is 186 Å². The van der Waals surface area contributed by atoms with Gasteiger partial charge >= 0.3 is 0 Å². The zero-order chi connectivity index (χ0) is 20.7. The number of ether oxygens (including phenoxy) is 1. The molecule has 1 unspecified atom stereocenters. The highest BCUT2D eigenvalue weighted by Crippen LogP contribution is 2.39. The van der Waals surface area contributed by atoms with Crippen molar-refractivity contribution in [2.24, 2.45) is 0 Å². The number of benzene rings is 2. The van der Waals surface area contributed by atoms with Crippen LogP contribution in [0.4, 0.5) is 0 Å². The van der Waals surface area contributed by atoms with Crippen LogP contribution in [0.2, 0.25) is 15.1 Å². The minimum Gasteiger partial charge on any atom is -0.394 e. The average Bonchev–Trinajstić information content (AvgIpc) is 3.18. The molecule has 29 heavy (non-hydrogen) atoms. The SMILES string of the molecule is OC[C@H]1OC(n2c(SCc3ccc(Cl)cc3)nc3cc(Cl)c(Cl)cc32)[C@H](O)[C@@H]1O. The summed E-state index contributed by atoms with van der Waals surface area (Å²) < 4.78 is 7.41. The maximum atomic E-state index is 10.5. The topological polar surface area (TPSA) is 87.7 Å². The van der Waals surface area contributed by atoms with Crippen LogP contribution in [-0.2, 0) is 10.5 Å². The lowest BCUT2D eigenvalue weighted by atomic mass is 10.1. The monoisotopic (exact) mass is 474 g/mol. The van der Waals surface area contributed by atoms with Crippen molar-refractivity contribution in [1.82, 2.24) is 9.55 Å². The lowest BCUT2D eigenvalue weighted by molar-refractivity contribution is -0.0546. The first kappa shape index (κ1) is 21.2. The van der Waals surface area contributed by atoms with Gasteiger partial charge in [-0.25, -0.2) is 4.98 Å². The summed E-state index contributed by atoms with van der Waals surface area (Å²) in [7, 11) is 0. The van der Waals surface area contributed by atoms with Crippen LogP contribution in [-0.4, -0.2) is 49.8 Å². The molecule has 1 aliphatic rings. The van der Waals surface area contributed by atoms with Crippen LogP contribution in [0.5, 0.6) is 0 Å². The van der Waals surface area contributed by atoms with Gasteiger partial charge in [0.05, 0.1) is 27.7 Å². The molecule has 1 aliphatic heterocycles. The summed E-state index contributed by atoms with van der Waals surface area (Å²) in [5, 5.41) is 32.1. The Morgan fingerprint density at radius 2 is 1.72 bits per heavy atom. The fourth-order valence-corrected chi connectivity index (χ4v) is 4.67. The molecule has 3 aromatic rings. The number of fused-ring (bicyclic) bond motifs is 1. The van der Waals surface area contributed by atoms with E-state index in [-0.39, 0.29) is 0 Å². The van der Waals surface area contributed by atoms with E-state index in [0.717, 1.165) is 5.56 Å². The minimum atomic E-state index is -1.24. The van der Waals surface area contributed by atoms with Crippen LogP contribution in [0.3, 0.4) is 0 Å². The maximum absolute atomic E-state index is 10.5. The highest BCUT2D eigenvalue weighted by Gasteiger charge is 2.44. The molecule has 0 aliphatic carbocycles. The van der Waals surface area contributed by atoms with Gasteiger partial charge in [0.25, 0.3) is 0 Å². The average molecular weight is 476 g/mol. The fourth-order valence-electron chi connectivity index (χ4n) is 3.24. The second-order valence-corrected chi connectivity index (χ2v) is 8.86. The molecule has 0 bridgehead atoms. The largest absolute Gasteiger partial charge is 0.394 e. The van der Waals surface area contributed by atoms with Gasteiger partial charge in [-0.3, -0.25) is 4.57 Å². The Kier molecular flexibility index (Phi) is 6.30. The molecule has 1 fully saturated rings. The molecule has 0 radical (unpaired) electrons. The summed E-state index contributed by atoms with van der Waals surface area (Å²) >= 11 is 19.7. The third kappa shape index (κ3) is 4.11. The van der Waals surface area contributed by atoms with Gasteiger partial charge in [0.2, 0.25) is 0 Å². The van der Waals surface area contributed by atoms with Gasteiger partial charge < -0.3 is 20.1 Å². The van der Waals surface area contributed by atoms with Crippen molar-refractivity contribution >= 4 is 57.6 Å². The van der Waals surface area contributed by atoms with Gasteiger partial charge in [-0.2, -0.15) is 0 Å². The smallest absolute Gasteiger partial charge is 0.171 e. The summed E-state index contributed by atoms with van der Waals surface area (Å²) in [5.41, 5.74) is 2.22. The van der Waals surface area contributed by atoms with E-state index in [0.29, 0.717) is 37.0 Å². The number of imidazole rings is 1. The van der Waals surface area contributed by atoms with Crippen molar-refractivity contribution in [3.8, 4) is 0 Å². The lowest BCUT2D eigenvalue weighted by Crippen LogP contribution is -2.33. The summed E-state index contributed by atoms with van der Waals surface area (Å²) in [6, 6.07) is 10.7. The van der Waals surface area contributed by atoms with E-state index >= 15 is 0 Å². The number of aromatic nitrogens is 2. The fraction of sp³-hybridized carbons (Fsp3) is 0.316. The predicted octanol–water partition coefficient (Wildman–Crippen LogP) is 3.90. The van der Waals surface area contributed by atoms with Gasteiger partial charge in [0.15, 0.2) is 11.4 Å². The van der Waals surface area contributed by atoms with Gasteiger partial charge in [0, 0.05) is 10.8 Å². The molecule has 3 N–H and O–H groups in total. The highest BCUT2D eigenvalue weighted by molar-refractivity contribution is 7.98. The molecule has 4 rings (SSSR count). The van der Waals surface area contributed by atoms with Crippen molar-refractivity contribution in [2.45, 2.75) is 35.4 Å². The molecule has 6 nitrogen and oxygen atoms in total. The van der Waals surface area contributed by atoms with E-state index in [1.54, 1.807) is 16.7 Å². The number of rotatable bonds is 5. The Morgan fingerprint density at radius 3 is 2.38 bits per heavy atom. The molecule has 1 saturated heterocycles. The zero-order valence-electron chi connectivity index (χ0n) is 14.9. The second-order valence-electron chi connectivity index (χ2n) is 6.66. The van der Waals surface area contributed by atoms with Crippen LogP contribution in [0.15, 0.2) is 41.6 Å². The summed E-state index contributed by atoms with van der Waals surface area (Å²) in [6.45, 7) is -0.415. The third-order valence-corrected chi connectivity index (χ3v) is 6.75. The zero-order valence-corrected chi connectivity index (χ0v) is 18.0. The standard InChI is InChI=1S/C19H17Cl3N2O4S/c20-10-3-1-9(2-4-10)8-29-19-23-13-5-11(21)12(22)6-14(13)24(19)18-17(27)16(26)15(7-25)28-18/h1-6,15-18,25-27H,7-8H2/t15-,16-,17-,18?/m1/s1. The number of hydrogen-bond donors (Lipinski definition) is 3. The first-order valence-electron chi connectivity index (χ1n) is 8.75. The van der Waals surface area contributed by atoms with E-state index in [1.807, 2.05) is 24.3 Å². The summed E-state index contributed by atoms with van der Waals surface area (Å²) in [6.07, 6.45) is -4.30. The Bertz CT molecular complexity index is 1030. The predicted molar refractivity (Wildman–Crippen MR) is 114 cm³/mol. The number of aliphatic hydroxyl groups excluding tert-OH is 3. The molecular formula is C19H17Cl3N2O4S. The van der Waals surface area contributed by atoms with E-state index in [9.17, 15) is 15.3 Å². The molecule has 2 heterocycles. The molecule has 10 heteroatoms. The first-order chi connectivity index (χ1) is 13.9. The van der Waals surface area contributed by atoms with Crippen LogP contribution in [0.1, 0.15) is 11.8 Å². The van der Waals surface area contributed by atoms with E-state index in [1.165, 1.54) is 11.8 Å². The van der Waals surface area contributed by atoms with Crippen LogP contribution in [0.25, 0.3) is 11.0 Å². The molecule has 2 aromatic carbocycles. The van der Waals surface area contributed by atoms with Crippen molar-refractivity contribution < 1.29 is 20.1 Å². The molecule has 0 saturated carbocycles. The summed E-state index contributed by atoms with van der Waals surface area (Å²) in [5.74, 6) is 0.594. The van der Waals surface area contributed by atoms with Crippen molar-refractivity contribution in [1.29, 1.82) is 0 Å². The van der Waals surface area contributed by atoms with Gasteiger partial charge in [0.1, 0.15) is 18.3 Å². The van der Waals surface area contributed by atoms with Gasteiger partial charge in [-0.15, -0.1) is 0 Å². The Balaban J connectivity index is 1.74. The lowest BCUT2D eigenvalue weighted by Gasteiger charge is -2.20. The molecular weight excluding hydrogens is 459 g/mol. The Morgan fingerprint density at radius 1 is 1.03 bits per heavy atom.